The van der Waals surface area contributed by atoms with Crippen molar-refractivity contribution in [1.82, 2.24) is 20.1 Å². The summed E-state index contributed by atoms with van der Waals surface area (Å²) in [5, 5.41) is 23.0. The van der Waals surface area contributed by atoms with Crippen molar-refractivity contribution in [3.8, 4) is 0 Å². The van der Waals surface area contributed by atoms with Crippen molar-refractivity contribution in [3.05, 3.63) is 30.0 Å². The van der Waals surface area contributed by atoms with E-state index in [4.69, 9.17) is 15.9 Å². The fraction of sp³-hybridized carbons (Fsp3) is 0.312. The van der Waals surface area contributed by atoms with E-state index in [1.165, 1.54) is 0 Å². The maximum Gasteiger partial charge on any atom is 0.328 e. The lowest BCUT2D eigenvalue weighted by Gasteiger charge is -2.33. The molecule has 0 unspecified atom stereocenters. The van der Waals surface area contributed by atoms with E-state index in [1.807, 2.05) is 12.1 Å². The van der Waals surface area contributed by atoms with E-state index in [1.54, 1.807) is 0 Å². The Balaban J connectivity index is 0.000000279. The first-order chi connectivity index (χ1) is 12.8. The molecule has 1 amide bonds. The van der Waals surface area contributed by atoms with Crippen molar-refractivity contribution in [3.63, 3.8) is 0 Å². The van der Waals surface area contributed by atoms with Gasteiger partial charge in [-0.15, -0.1) is 0 Å². The first-order valence-corrected chi connectivity index (χ1v) is 8.00. The summed E-state index contributed by atoms with van der Waals surface area (Å²) < 4.78 is 0. The van der Waals surface area contributed by atoms with Crippen LogP contribution in [0.1, 0.15) is 10.5 Å². The lowest BCUT2D eigenvalue weighted by molar-refractivity contribution is -0.134. The summed E-state index contributed by atoms with van der Waals surface area (Å²) in [7, 11) is 2.11. The zero-order chi connectivity index (χ0) is 20.0. The number of H-pyrrole nitrogens is 1. The Bertz CT molecular complexity index is 853. The number of rotatable bonds is 4. The number of anilines is 1. The van der Waals surface area contributed by atoms with Crippen molar-refractivity contribution >= 4 is 34.7 Å². The number of carbonyl (C=O) groups is 3. The Hall–Kier alpha value is -3.47. The Morgan fingerprint density at radius 2 is 1.70 bits per heavy atom. The molecule has 0 bridgehead atoms. The number of carboxylic acid groups (broad SMARTS) is 2. The van der Waals surface area contributed by atoms with Crippen LogP contribution in [0, 0.1) is 0 Å². The van der Waals surface area contributed by atoms with Crippen LogP contribution < -0.4 is 10.6 Å². The highest BCUT2D eigenvalue weighted by Gasteiger charge is 2.17. The molecular formula is C16H20N6O5. The number of nitrogens with two attached hydrogens (primary N) is 1. The molecule has 2 aromatic heterocycles. The van der Waals surface area contributed by atoms with Gasteiger partial charge in [0.15, 0.2) is 11.3 Å². The highest BCUT2D eigenvalue weighted by Crippen LogP contribution is 2.19. The fourth-order valence-electron chi connectivity index (χ4n) is 2.44. The number of hydrogen-bond donors (Lipinski definition) is 4. The van der Waals surface area contributed by atoms with Crippen LogP contribution in [-0.2, 0) is 9.59 Å². The first-order valence-electron chi connectivity index (χ1n) is 8.00. The molecule has 1 fully saturated rings. The molecule has 0 saturated carbocycles. The molecule has 1 aliphatic heterocycles. The molecule has 2 aromatic rings. The second-order valence-corrected chi connectivity index (χ2v) is 5.80. The molecule has 1 saturated heterocycles. The number of nitrogens with zero attached hydrogens (tertiary/aromatic N) is 4. The minimum Gasteiger partial charge on any atom is -0.478 e. The van der Waals surface area contributed by atoms with Gasteiger partial charge in [-0.2, -0.15) is 5.10 Å². The molecule has 0 atom stereocenters. The van der Waals surface area contributed by atoms with E-state index < -0.39 is 17.8 Å². The van der Waals surface area contributed by atoms with E-state index in [-0.39, 0.29) is 5.69 Å². The van der Waals surface area contributed by atoms with Crippen LogP contribution in [0.4, 0.5) is 5.82 Å². The lowest BCUT2D eigenvalue weighted by atomic mass is 10.2. The SMILES string of the molecule is CN1CCN(c2ccc3c(C(N)=O)n[nH]c3n2)CC1.O=C(O)C=CC(=O)O. The molecule has 0 radical (unpaired) electrons. The van der Waals surface area contributed by atoms with Gasteiger partial charge in [-0.05, 0) is 19.2 Å². The quantitative estimate of drug-likeness (QED) is 0.515. The minimum atomic E-state index is -1.26. The highest BCUT2D eigenvalue weighted by atomic mass is 16.4. The number of carboxylic acids is 2. The van der Waals surface area contributed by atoms with Crippen LogP contribution in [0.3, 0.4) is 0 Å². The third kappa shape index (κ3) is 5.51. The number of nitrogens with one attached hydrogen (secondary N) is 1. The van der Waals surface area contributed by atoms with Crippen LogP contribution in [0.5, 0.6) is 0 Å². The predicted octanol–water partition coefficient (Wildman–Crippen LogP) is -0.480. The third-order valence-electron chi connectivity index (χ3n) is 3.84. The summed E-state index contributed by atoms with van der Waals surface area (Å²) in [6, 6.07) is 3.76. The van der Waals surface area contributed by atoms with Gasteiger partial charge in [0, 0.05) is 38.3 Å². The number of hydrogen-bond acceptors (Lipinski definition) is 7. The van der Waals surface area contributed by atoms with Gasteiger partial charge in [-0.1, -0.05) is 0 Å². The lowest BCUT2D eigenvalue weighted by Crippen LogP contribution is -2.44. The molecular weight excluding hydrogens is 356 g/mol. The second kappa shape index (κ2) is 8.76. The number of primary amides is 1. The molecule has 0 spiro atoms. The van der Waals surface area contributed by atoms with Crippen molar-refractivity contribution in [1.29, 1.82) is 0 Å². The van der Waals surface area contributed by atoms with Crippen LogP contribution in [-0.4, -0.2) is 81.4 Å². The second-order valence-electron chi connectivity index (χ2n) is 5.80. The van der Waals surface area contributed by atoms with Gasteiger partial charge in [0.2, 0.25) is 0 Å². The number of aromatic amines is 1. The van der Waals surface area contributed by atoms with Crippen LogP contribution in [0.15, 0.2) is 24.3 Å². The average molecular weight is 376 g/mol. The Morgan fingerprint density at radius 1 is 1.11 bits per heavy atom. The van der Waals surface area contributed by atoms with Crippen molar-refractivity contribution < 1.29 is 24.6 Å². The summed E-state index contributed by atoms with van der Waals surface area (Å²) in [5.41, 5.74) is 6.10. The number of carbonyl (C=O) groups excluding carboxylic acids is 1. The van der Waals surface area contributed by atoms with Crippen LogP contribution in [0.2, 0.25) is 0 Å². The smallest absolute Gasteiger partial charge is 0.328 e. The van der Waals surface area contributed by atoms with E-state index >= 15 is 0 Å². The number of aliphatic carboxylic acids is 2. The molecule has 144 valence electrons. The molecule has 0 aliphatic carbocycles. The van der Waals surface area contributed by atoms with E-state index in [9.17, 15) is 14.4 Å². The molecule has 0 aromatic carbocycles. The summed E-state index contributed by atoms with van der Waals surface area (Å²) in [6.45, 7) is 3.95. The zero-order valence-electron chi connectivity index (χ0n) is 14.6. The predicted molar refractivity (Wildman–Crippen MR) is 96.5 cm³/mol. The molecule has 1 aliphatic rings. The number of pyridine rings is 1. The Labute approximate surface area is 154 Å². The number of amides is 1. The van der Waals surface area contributed by atoms with Crippen molar-refractivity contribution in [2.45, 2.75) is 0 Å². The number of fused-ring (bicyclic) bond motifs is 1. The maximum absolute atomic E-state index is 11.2. The van der Waals surface area contributed by atoms with Crippen molar-refractivity contribution in [2.75, 3.05) is 38.1 Å². The van der Waals surface area contributed by atoms with E-state index in [0.717, 1.165) is 32.0 Å². The van der Waals surface area contributed by atoms with Crippen LogP contribution in [0.25, 0.3) is 11.0 Å². The standard InChI is InChI=1S/C12H16N6O.C4H4O4/c1-17-4-6-18(7-5-17)9-3-2-8-10(11(13)19)15-16-12(8)14-9;5-3(6)1-2-4(7)8/h2-3H,4-7H2,1H3,(H2,13,19)(H,14,15,16);1-2H,(H,5,6)(H,7,8). The average Bonchev–Trinajstić information content (AvgIpc) is 3.04. The monoisotopic (exact) mass is 376 g/mol. The summed E-state index contributed by atoms with van der Waals surface area (Å²) >= 11 is 0. The van der Waals surface area contributed by atoms with Gasteiger partial charge < -0.3 is 25.7 Å². The molecule has 11 heteroatoms. The van der Waals surface area contributed by atoms with Crippen molar-refractivity contribution in [2.24, 2.45) is 5.73 Å². The largest absolute Gasteiger partial charge is 0.478 e. The highest BCUT2D eigenvalue weighted by molar-refractivity contribution is 6.03. The normalized spacial score (nSPS) is 14.8. The van der Waals surface area contributed by atoms with Gasteiger partial charge >= 0.3 is 11.9 Å². The van der Waals surface area contributed by atoms with Crippen LogP contribution >= 0.6 is 0 Å². The van der Waals surface area contributed by atoms with E-state index in [0.29, 0.717) is 23.2 Å². The summed E-state index contributed by atoms with van der Waals surface area (Å²) in [4.78, 5) is 39.3. The third-order valence-corrected chi connectivity index (χ3v) is 3.84. The van der Waals surface area contributed by atoms with Gasteiger partial charge in [0.25, 0.3) is 5.91 Å². The van der Waals surface area contributed by atoms with E-state index in [2.05, 4.69) is 32.0 Å². The zero-order valence-corrected chi connectivity index (χ0v) is 14.6. The van der Waals surface area contributed by atoms with Gasteiger partial charge in [-0.25, -0.2) is 14.6 Å². The molecule has 5 N–H and O–H groups in total. The molecule has 27 heavy (non-hydrogen) atoms. The summed E-state index contributed by atoms with van der Waals surface area (Å²) in [6.07, 6.45) is 1.12. The molecule has 3 rings (SSSR count). The van der Waals surface area contributed by atoms with Gasteiger partial charge in [-0.3, -0.25) is 9.89 Å². The molecule has 11 nitrogen and oxygen atoms in total. The topological polar surface area (TPSA) is 166 Å². The first kappa shape index (κ1) is 19.8. The number of piperazine rings is 1. The van der Waals surface area contributed by atoms with Gasteiger partial charge in [0.05, 0.1) is 5.39 Å². The number of aromatic nitrogens is 3. The summed E-state index contributed by atoms with van der Waals surface area (Å²) in [5.74, 6) is -2.15. The molecule has 3 heterocycles. The Kier molecular flexibility index (Phi) is 6.44. The van der Waals surface area contributed by atoms with Gasteiger partial charge in [0.1, 0.15) is 5.82 Å². The Morgan fingerprint density at radius 3 is 2.22 bits per heavy atom. The minimum absolute atomic E-state index is 0.243. The fourth-order valence-corrected chi connectivity index (χ4v) is 2.44. The number of likely N-dealkylation sites (N-methyl/N-ethyl adjacent to an activating group) is 1. The maximum atomic E-state index is 11.2.